The SMILES string of the molecule is OC1CCC(CNC2CC2)CC1. The van der Waals surface area contributed by atoms with Crippen molar-refractivity contribution in [2.45, 2.75) is 50.7 Å². The van der Waals surface area contributed by atoms with Gasteiger partial charge in [0.05, 0.1) is 6.10 Å². The number of nitrogens with one attached hydrogen (secondary N) is 1. The number of hydrogen-bond donors (Lipinski definition) is 2. The van der Waals surface area contributed by atoms with Crippen molar-refractivity contribution < 1.29 is 5.11 Å². The van der Waals surface area contributed by atoms with E-state index in [-0.39, 0.29) is 6.10 Å². The van der Waals surface area contributed by atoms with Crippen LogP contribution in [0.2, 0.25) is 0 Å². The first-order valence-electron chi connectivity index (χ1n) is 5.26. The van der Waals surface area contributed by atoms with Crippen molar-refractivity contribution in [2.24, 2.45) is 5.92 Å². The van der Waals surface area contributed by atoms with Gasteiger partial charge in [0.1, 0.15) is 0 Å². The second-order valence-electron chi connectivity index (χ2n) is 4.36. The number of aliphatic hydroxyl groups is 1. The summed E-state index contributed by atoms with van der Waals surface area (Å²) in [5.41, 5.74) is 0. The molecule has 0 saturated heterocycles. The monoisotopic (exact) mass is 169 g/mol. The molecule has 0 radical (unpaired) electrons. The van der Waals surface area contributed by atoms with Gasteiger partial charge in [-0.25, -0.2) is 0 Å². The van der Waals surface area contributed by atoms with E-state index in [2.05, 4.69) is 5.32 Å². The molecule has 0 aliphatic heterocycles. The molecule has 2 aliphatic carbocycles. The number of hydrogen-bond acceptors (Lipinski definition) is 2. The van der Waals surface area contributed by atoms with Crippen LogP contribution in [0.3, 0.4) is 0 Å². The zero-order chi connectivity index (χ0) is 8.39. The molecule has 0 unspecified atom stereocenters. The highest BCUT2D eigenvalue weighted by Crippen LogP contribution is 2.25. The predicted molar refractivity (Wildman–Crippen MR) is 49.0 cm³/mol. The molecule has 2 heteroatoms. The first-order valence-corrected chi connectivity index (χ1v) is 5.26. The lowest BCUT2D eigenvalue weighted by atomic mass is 9.87. The Morgan fingerprint density at radius 2 is 1.67 bits per heavy atom. The molecule has 0 bridgehead atoms. The summed E-state index contributed by atoms with van der Waals surface area (Å²) in [5.74, 6) is 0.842. The minimum atomic E-state index is 0.00201. The molecule has 2 N–H and O–H groups in total. The van der Waals surface area contributed by atoms with Crippen molar-refractivity contribution >= 4 is 0 Å². The molecule has 12 heavy (non-hydrogen) atoms. The summed E-state index contributed by atoms with van der Waals surface area (Å²) in [6.45, 7) is 1.19. The van der Waals surface area contributed by atoms with Crippen molar-refractivity contribution in [2.75, 3.05) is 6.54 Å². The van der Waals surface area contributed by atoms with Gasteiger partial charge in [0.2, 0.25) is 0 Å². The standard InChI is InChI=1S/C10H19NO/c12-10-5-1-8(2-6-10)7-11-9-3-4-9/h8-12H,1-7H2. The lowest BCUT2D eigenvalue weighted by molar-refractivity contribution is 0.108. The smallest absolute Gasteiger partial charge is 0.0540 e. The molecule has 0 aromatic rings. The average molecular weight is 169 g/mol. The van der Waals surface area contributed by atoms with Crippen LogP contribution in [0.25, 0.3) is 0 Å². The number of aliphatic hydroxyl groups excluding tert-OH is 1. The Morgan fingerprint density at radius 3 is 2.25 bits per heavy atom. The molecule has 2 nitrogen and oxygen atoms in total. The van der Waals surface area contributed by atoms with Gasteiger partial charge in [0, 0.05) is 6.04 Å². The van der Waals surface area contributed by atoms with Crippen LogP contribution in [-0.4, -0.2) is 23.8 Å². The van der Waals surface area contributed by atoms with Gasteiger partial charge < -0.3 is 10.4 Å². The van der Waals surface area contributed by atoms with E-state index >= 15 is 0 Å². The second kappa shape index (κ2) is 3.75. The Labute approximate surface area is 74.4 Å². The molecule has 0 aromatic heterocycles. The molecule has 0 spiro atoms. The lowest BCUT2D eigenvalue weighted by Gasteiger charge is -2.25. The van der Waals surface area contributed by atoms with E-state index < -0.39 is 0 Å². The third kappa shape index (κ3) is 2.46. The van der Waals surface area contributed by atoms with Crippen LogP contribution in [0.1, 0.15) is 38.5 Å². The highest BCUT2D eigenvalue weighted by Gasteiger charge is 2.24. The maximum absolute atomic E-state index is 9.30. The molecule has 2 rings (SSSR count). The van der Waals surface area contributed by atoms with Crippen LogP contribution in [0, 0.1) is 5.92 Å². The van der Waals surface area contributed by atoms with E-state index in [1.165, 1.54) is 32.2 Å². The second-order valence-corrected chi connectivity index (χ2v) is 4.36. The fourth-order valence-corrected chi connectivity index (χ4v) is 1.97. The van der Waals surface area contributed by atoms with Crippen LogP contribution in [0.4, 0.5) is 0 Å². The zero-order valence-electron chi connectivity index (χ0n) is 7.63. The molecular weight excluding hydrogens is 150 g/mol. The first kappa shape index (κ1) is 8.52. The summed E-state index contributed by atoms with van der Waals surface area (Å²) in [6, 6.07) is 0.844. The molecule has 2 aliphatic rings. The Hall–Kier alpha value is -0.0800. The molecule has 0 atom stereocenters. The molecule has 0 heterocycles. The Morgan fingerprint density at radius 1 is 1.00 bits per heavy atom. The van der Waals surface area contributed by atoms with Gasteiger partial charge in [-0.1, -0.05) is 0 Å². The predicted octanol–water partition coefficient (Wildman–Crippen LogP) is 1.29. The van der Waals surface area contributed by atoms with Crippen molar-refractivity contribution in [1.29, 1.82) is 0 Å². The van der Waals surface area contributed by atoms with Crippen molar-refractivity contribution in [3.8, 4) is 0 Å². The van der Waals surface area contributed by atoms with Crippen LogP contribution in [-0.2, 0) is 0 Å². The van der Waals surface area contributed by atoms with Crippen LogP contribution in [0.5, 0.6) is 0 Å². The van der Waals surface area contributed by atoms with Gasteiger partial charge in [-0.3, -0.25) is 0 Å². The highest BCUT2D eigenvalue weighted by atomic mass is 16.3. The Kier molecular flexibility index (Phi) is 2.66. The molecule has 2 fully saturated rings. The van der Waals surface area contributed by atoms with Gasteiger partial charge >= 0.3 is 0 Å². The van der Waals surface area contributed by atoms with Crippen LogP contribution >= 0.6 is 0 Å². The maximum atomic E-state index is 9.30. The van der Waals surface area contributed by atoms with Gasteiger partial charge in [-0.05, 0) is 51.0 Å². The van der Waals surface area contributed by atoms with E-state index in [1.54, 1.807) is 0 Å². The van der Waals surface area contributed by atoms with Crippen molar-refractivity contribution in [3.63, 3.8) is 0 Å². The van der Waals surface area contributed by atoms with Gasteiger partial charge in [-0.15, -0.1) is 0 Å². The fourth-order valence-electron chi connectivity index (χ4n) is 1.97. The normalized spacial score (nSPS) is 36.8. The molecule has 2 saturated carbocycles. The minimum absolute atomic E-state index is 0.00201. The van der Waals surface area contributed by atoms with E-state index in [1.807, 2.05) is 0 Å². The fraction of sp³-hybridized carbons (Fsp3) is 1.00. The van der Waals surface area contributed by atoms with E-state index in [9.17, 15) is 5.11 Å². The van der Waals surface area contributed by atoms with Gasteiger partial charge in [-0.2, -0.15) is 0 Å². The summed E-state index contributed by atoms with van der Waals surface area (Å²) in [6.07, 6.45) is 7.27. The largest absolute Gasteiger partial charge is 0.393 e. The van der Waals surface area contributed by atoms with Gasteiger partial charge in [0.25, 0.3) is 0 Å². The summed E-state index contributed by atoms with van der Waals surface area (Å²) in [4.78, 5) is 0. The third-order valence-corrected chi connectivity index (χ3v) is 3.09. The molecular formula is C10H19NO. The van der Waals surface area contributed by atoms with Crippen molar-refractivity contribution in [3.05, 3.63) is 0 Å². The quantitative estimate of drug-likeness (QED) is 0.667. The summed E-state index contributed by atoms with van der Waals surface area (Å²) in [5, 5.41) is 12.9. The third-order valence-electron chi connectivity index (χ3n) is 3.09. The maximum Gasteiger partial charge on any atom is 0.0540 e. The average Bonchev–Trinajstić information content (AvgIpc) is 2.87. The minimum Gasteiger partial charge on any atom is -0.393 e. The molecule has 70 valence electrons. The lowest BCUT2D eigenvalue weighted by Crippen LogP contribution is -2.29. The van der Waals surface area contributed by atoms with E-state index in [4.69, 9.17) is 0 Å². The highest BCUT2D eigenvalue weighted by molar-refractivity contribution is 4.83. The van der Waals surface area contributed by atoms with Crippen molar-refractivity contribution in [1.82, 2.24) is 5.32 Å². The Balaban J connectivity index is 1.60. The van der Waals surface area contributed by atoms with E-state index in [0.717, 1.165) is 24.8 Å². The summed E-state index contributed by atoms with van der Waals surface area (Å²) in [7, 11) is 0. The molecule has 0 amide bonds. The first-order chi connectivity index (χ1) is 5.84. The van der Waals surface area contributed by atoms with Gasteiger partial charge in [0.15, 0.2) is 0 Å². The van der Waals surface area contributed by atoms with Crippen LogP contribution < -0.4 is 5.32 Å². The summed E-state index contributed by atoms with van der Waals surface area (Å²) >= 11 is 0. The topological polar surface area (TPSA) is 32.3 Å². The summed E-state index contributed by atoms with van der Waals surface area (Å²) < 4.78 is 0. The van der Waals surface area contributed by atoms with Crippen LogP contribution in [0.15, 0.2) is 0 Å². The molecule has 0 aromatic carbocycles. The number of rotatable bonds is 3. The van der Waals surface area contributed by atoms with E-state index in [0.29, 0.717) is 0 Å². The zero-order valence-corrected chi connectivity index (χ0v) is 7.63. The Bertz CT molecular complexity index is 137.